The number of rotatable bonds is 5. The fraction of sp³-hybridized carbons (Fsp3) is 0.167. The lowest BCUT2D eigenvalue weighted by Gasteiger charge is -2.10. The highest BCUT2D eigenvalue weighted by Crippen LogP contribution is 2.37. The predicted molar refractivity (Wildman–Crippen MR) is 96.5 cm³/mol. The zero-order chi connectivity index (χ0) is 17.2. The number of nitrogens with zero attached hydrogens (tertiary/aromatic N) is 1. The van der Waals surface area contributed by atoms with E-state index in [0.717, 1.165) is 39.3 Å². The quantitative estimate of drug-likeness (QED) is 0.735. The van der Waals surface area contributed by atoms with E-state index < -0.39 is 0 Å². The van der Waals surface area contributed by atoms with E-state index >= 15 is 0 Å². The van der Waals surface area contributed by atoms with E-state index in [2.05, 4.69) is 10.3 Å². The van der Waals surface area contributed by atoms with Gasteiger partial charge in [0.1, 0.15) is 11.5 Å². The summed E-state index contributed by atoms with van der Waals surface area (Å²) in [4.78, 5) is 4.64. The van der Waals surface area contributed by atoms with Gasteiger partial charge >= 0.3 is 0 Å². The summed E-state index contributed by atoms with van der Waals surface area (Å²) in [6.45, 7) is 0.264. The van der Waals surface area contributed by atoms with Crippen LogP contribution in [0.5, 0.6) is 23.0 Å². The number of methoxy groups -OCH3 is 2. The molecule has 3 aromatic rings. The van der Waals surface area contributed by atoms with Crippen LogP contribution in [0.25, 0.3) is 11.3 Å². The first-order valence-corrected chi connectivity index (χ1v) is 8.49. The summed E-state index contributed by atoms with van der Waals surface area (Å²) in [5, 5.41) is 6.06. The van der Waals surface area contributed by atoms with Gasteiger partial charge in [-0.2, -0.15) is 0 Å². The van der Waals surface area contributed by atoms with Crippen molar-refractivity contribution in [1.29, 1.82) is 0 Å². The Morgan fingerprint density at radius 1 is 1.04 bits per heavy atom. The van der Waals surface area contributed by atoms with E-state index in [1.807, 2.05) is 41.8 Å². The third kappa shape index (κ3) is 3.06. The molecule has 0 fully saturated rings. The molecule has 0 amide bonds. The van der Waals surface area contributed by atoms with Crippen LogP contribution in [0.4, 0.5) is 10.8 Å². The molecule has 2 heterocycles. The van der Waals surface area contributed by atoms with Crippen molar-refractivity contribution in [3.63, 3.8) is 0 Å². The number of fused-ring (bicyclic) bond motifs is 1. The molecule has 0 saturated carbocycles. The molecule has 0 radical (unpaired) electrons. The number of thiazole rings is 1. The molecule has 6 nitrogen and oxygen atoms in total. The van der Waals surface area contributed by atoms with Gasteiger partial charge in [-0.1, -0.05) is 0 Å². The van der Waals surface area contributed by atoms with Gasteiger partial charge in [-0.15, -0.1) is 11.3 Å². The highest BCUT2D eigenvalue weighted by molar-refractivity contribution is 7.14. The molecule has 128 valence electrons. The molecule has 1 aliphatic rings. The second-order valence-electron chi connectivity index (χ2n) is 5.30. The lowest BCUT2D eigenvalue weighted by atomic mass is 10.1. The molecule has 1 aliphatic heterocycles. The van der Waals surface area contributed by atoms with Gasteiger partial charge in [0.15, 0.2) is 16.6 Å². The Labute approximate surface area is 148 Å². The van der Waals surface area contributed by atoms with Crippen LogP contribution in [0.1, 0.15) is 0 Å². The number of hydrogen-bond acceptors (Lipinski definition) is 7. The Morgan fingerprint density at radius 3 is 2.76 bits per heavy atom. The third-order valence-corrected chi connectivity index (χ3v) is 4.58. The second kappa shape index (κ2) is 6.52. The maximum Gasteiger partial charge on any atom is 0.231 e. The Balaban J connectivity index is 1.58. The van der Waals surface area contributed by atoms with E-state index in [0.29, 0.717) is 5.75 Å². The Morgan fingerprint density at radius 2 is 1.92 bits per heavy atom. The molecule has 1 N–H and O–H groups in total. The molecular weight excluding hydrogens is 340 g/mol. The van der Waals surface area contributed by atoms with Gasteiger partial charge in [0, 0.05) is 17.0 Å². The van der Waals surface area contributed by atoms with Gasteiger partial charge in [-0.05, 0) is 30.3 Å². The molecule has 0 spiro atoms. The normalized spacial score (nSPS) is 12.1. The summed E-state index contributed by atoms with van der Waals surface area (Å²) in [6.07, 6.45) is 0. The predicted octanol–water partition coefficient (Wildman–Crippen LogP) is 4.30. The van der Waals surface area contributed by atoms with Gasteiger partial charge in [0.2, 0.25) is 6.79 Å². The standard InChI is InChI=1S/C18H16N2O4S/c1-21-12-4-5-13(16(8-12)22-2)19-18-20-14(9-25-18)11-3-6-15-17(7-11)24-10-23-15/h3-9H,10H2,1-2H3,(H,19,20). The van der Waals surface area contributed by atoms with Gasteiger partial charge in [-0.3, -0.25) is 0 Å². The summed E-state index contributed by atoms with van der Waals surface area (Å²) < 4.78 is 21.4. The molecule has 1 aromatic heterocycles. The van der Waals surface area contributed by atoms with Crippen LogP contribution in [-0.2, 0) is 0 Å². The fourth-order valence-corrected chi connectivity index (χ4v) is 3.27. The van der Waals surface area contributed by atoms with Crippen LogP contribution in [0.15, 0.2) is 41.8 Å². The summed E-state index contributed by atoms with van der Waals surface area (Å²) in [7, 11) is 3.25. The first-order chi connectivity index (χ1) is 12.3. The van der Waals surface area contributed by atoms with Crippen molar-refractivity contribution in [2.24, 2.45) is 0 Å². The minimum absolute atomic E-state index is 0.264. The SMILES string of the molecule is COc1ccc(Nc2nc(-c3ccc4c(c3)OCO4)cs2)c(OC)c1. The molecule has 4 rings (SSSR count). The maximum atomic E-state index is 5.42. The molecular formula is C18H16N2O4S. The van der Waals surface area contributed by atoms with Crippen LogP contribution >= 0.6 is 11.3 Å². The fourth-order valence-electron chi connectivity index (χ4n) is 2.54. The number of ether oxygens (including phenoxy) is 4. The summed E-state index contributed by atoms with van der Waals surface area (Å²) in [5.41, 5.74) is 2.68. The van der Waals surface area contributed by atoms with Crippen molar-refractivity contribution >= 4 is 22.2 Å². The van der Waals surface area contributed by atoms with Crippen molar-refractivity contribution < 1.29 is 18.9 Å². The van der Waals surface area contributed by atoms with Gasteiger partial charge < -0.3 is 24.3 Å². The molecule has 7 heteroatoms. The van der Waals surface area contributed by atoms with Crippen molar-refractivity contribution in [2.75, 3.05) is 26.3 Å². The van der Waals surface area contributed by atoms with Crippen LogP contribution in [0, 0.1) is 0 Å². The van der Waals surface area contributed by atoms with Crippen molar-refractivity contribution in [1.82, 2.24) is 4.98 Å². The maximum absolute atomic E-state index is 5.42. The largest absolute Gasteiger partial charge is 0.497 e. The molecule has 0 aliphatic carbocycles. The van der Waals surface area contributed by atoms with Gasteiger partial charge in [-0.25, -0.2) is 4.98 Å². The van der Waals surface area contributed by atoms with Crippen LogP contribution < -0.4 is 24.3 Å². The summed E-state index contributed by atoms with van der Waals surface area (Å²) in [6, 6.07) is 11.4. The molecule has 0 unspecified atom stereocenters. The lowest BCUT2D eigenvalue weighted by molar-refractivity contribution is 0.174. The lowest BCUT2D eigenvalue weighted by Crippen LogP contribution is -1.95. The number of benzene rings is 2. The van der Waals surface area contributed by atoms with Crippen molar-refractivity contribution in [3.05, 3.63) is 41.8 Å². The van der Waals surface area contributed by atoms with Gasteiger partial charge in [0.05, 0.1) is 25.6 Å². The summed E-state index contributed by atoms with van der Waals surface area (Å²) >= 11 is 1.52. The van der Waals surface area contributed by atoms with Crippen molar-refractivity contribution in [3.8, 4) is 34.3 Å². The number of anilines is 2. The van der Waals surface area contributed by atoms with Gasteiger partial charge in [0.25, 0.3) is 0 Å². The van der Waals surface area contributed by atoms with E-state index in [4.69, 9.17) is 18.9 Å². The molecule has 2 aromatic carbocycles. The van der Waals surface area contributed by atoms with E-state index in [-0.39, 0.29) is 6.79 Å². The number of aromatic nitrogens is 1. The Bertz CT molecular complexity index is 910. The number of hydrogen-bond donors (Lipinski definition) is 1. The average Bonchev–Trinajstić information content (AvgIpc) is 3.30. The zero-order valence-electron chi connectivity index (χ0n) is 13.7. The van der Waals surface area contributed by atoms with Crippen molar-refractivity contribution in [2.45, 2.75) is 0 Å². The molecule has 25 heavy (non-hydrogen) atoms. The summed E-state index contributed by atoms with van der Waals surface area (Å²) in [5.74, 6) is 2.94. The topological polar surface area (TPSA) is 61.8 Å². The van der Waals surface area contributed by atoms with E-state index in [1.165, 1.54) is 11.3 Å². The highest BCUT2D eigenvalue weighted by Gasteiger charge is 2.15. The minimum Gasteiger partial charge on any atom is -0.497 e. The monoisotopic (exact) mass is 356 g/mol. The Kier molecular flexibility index (Phi) is 4.07. The van der Waals surface area contributed by atoms with Crippen LogP contribution in [0.3, 0.4) is 0 Å². The average molecular weight is 356 g/mol. The van der Waals surface area contributed by atoms with E-state index in [9.17, 15) is 0 Å². The molecule has 0 bridgehead atoms. The first-order valence-electron chi connectivity index (χ1n) is 7.61. The minimum atomic E-state index is 0.264. The molecule has 0 saturated heterocycles. The number of nitrogens with one attached hydrogen (secondary N) is 1. The third-order valence-electron chi connectivity index (χ3n) is 3.82. The van der Waals surface area contributed by atoms with E-state index in [1.54, 1.807) is 14.2 Å². The smallest absolute Gasteiger partial charge is 0.231 e. The molecule has 0 atom stereocenters. The first kappa shape index (κ1) is 15.6. The van der Waals surface area contributed by atoms with Crippen LogP contribution in [-0.4, -0.2) is 26.0 Å². The van der Waals surface area contributed by atoms with Crippen LogP contribution in [0.2, 0.25) is 0 Å². The second-order valence-corrected chi connectivity index (χ2v) is 6.16. The Hall–Kier alpha value is -2.93. The zero-order valence-corrected chi connectivity index (χ0v) is 14.6. The highest BCUT2D eigenvalue weighted by atomic mass is 32.1.